The van der Waals surface area contributed by atoms with Gasteiger partial charge in [0.25, 0.3) is 0 Å². The second-order valence-electron chi connectivity index (χ2n) is 3.75. The molecule has 0 fully saturated rings. The average molecular weight is 268 g/mol. The van der Waals surface area contributed by atoms with Crippen LogP contribution >= 0.6 is 7.37 Å². The number of unbranched alkanes of at least 4 members (excludes halogenated alkanes) is 1. The van der Waals surface area contributed by atoms with E-state index in [1.807, 2.05) is 0 Å². The summed E-state index contributed by atoms with van der Waals surface area (Å²) < 4.78 is 22.9. The second-order valence-corrected chi connectivity index (χ2v) is 6.42. The molecular weight excluding hydrogens is 251 g/mol. The summed E-state index contributed by atoms with van der Waals surface area (Å²) in [6.07, 6.45) is 2.97. The number of rotatable bonds is 7. The molecule has 98 valence electrons. The van der Waals surface area contributed by atoms with E-state index in [4.69, 9.17) is 9.26 Å². The van der Waals surface area contributed by atoms with Gasteiger partial charge in [-0.1, -0.05) is 6.07 Å². The predicted molar refractivity (Wildman–Crippen MR) is 71.6 cm³/mol. The third-order valence-corrected chi connectivity index (χ3v) is 5.19. The van der Waals surface area contributed by atoms with Gasteiger partial charge in [0, 0.05) is 18.6 Å². The Bertz CT molecular complexity index is 478. The quantitative estimate of drug-likeness (QED) is 0.433. The molecule has 0 aliphatic carbocycles. The van der Waals surface area contributed by atoms with Crippen molar-refractivity contribution in [2.75, 3.05) is 20.4 Å². The lowest BCUT2D eigenvalue weighted by atomic mass is 10.3. The highest BCUT2D eigenvalue weighted by Gasteiger charge is 2.24. The average Bonchev–Trinajstić information content (AvgIpc) is 2.43. The summed E-state index contributed by atoms with van der Waals surface area (Å²) in [4.78, 5) is 10.1. The van der Waals surface area contributed by atoms with Gasteiger partial charge in [-0.2, -0.15) is 0 Å². The molecule has 0 spiro atoms. The molecule has 0 saturated carbocycles. The first-order valence-electron chi connectivity index (χ1n) is 5.65. The van der Waals surface area contributed by atoms with Gasteiger partial charge in [0.15, 0.2) is 0 Å². The zero-order chi connectivity index (χ0) is 13.4. The summed E-state index contributed by atoms with van der Waals surface area (Å²) in [5.41, 5.74) is 0. The molecule has 0 amide bonds. The van der Waals surface area contributed by atoms with Crippen LogP contribution in [0.25, 0.3) is 0 Å². The van der Waals surface area contributed by atoms with E-state index in [1.165, 1.54) is 13.2 Å². The molecule has 1 atom stereocenters. The van der Waals surface area contributed by atoms with E-state index in [-0.39, 0.29) is 0 Å². The molecule has 0 saturated heterocycles. The van der Waals surface area contributed by atoms with E-state index in [9.17, 15) is 9.36 Å². The van der Waals surface area contributed by atoms with E-state index >= 15 is 0 Å². The molecule has 1 rings (SSSR count). The molecule has 5 heteroatoms. The SMILES string of the molecule is COc1cccc(P(=O)(CCCC=C=O)OC)c1. The lowest BCUT2D eigenvalue weighted by molar-refractivity contribution is 0.400. The van der Waals surface area contributed by atoms with Crippen molar-refractivity contribution in [2.45, 2.75) is 12.8 Å². The molecule has 0 bridgehead atoms. The van der Waals surface area contributed by atoms with Crippen LogP contribution in [-0.4, -0.2) is 26.3 Å². The van der Waals surface area contributed by atoms with Crippen LogP contribution in [-0.2, 0) is 13.9 Å². The van der Waals surface area contributed by atoms with Gasteiger partial charge in [0.05, 0.1) is 7.11 Å². The number of allylic oxidation sites excluding steroid dienone is 1. The fourth-order valence-electron chi connectivity index (χ4n) is 1.61. The number of methoxy groups -OCH3 is 1. The smallest absolute Gasteiger partial charge is 0.232 e. The van der Waals surface area contributed by atoms with Crippen molar-refractivity contribution in [2.24, 2.45) is 0 Å². The van der Waals surface area contributed by atoms with Crippen LogP contribution in [0.5, 0.6) is 5.75 Å². The summed E-state index contributed by atoms with van der Waals surface area (Å²) in [5, 5.41) is 0.638. The fourth-order valence-corrected chi connectivity index (χ4v) is 3.50. The second kappa shape index (κ2) is 7.17. The van der Waals surface area contributed by atoms with Gasteiger partial charge in [0.1, 0.15) is 11.7 Å². The molecule has 0 radical (unpaired) electrons. The number of hydrogen-bond acceptors (Lipinski definition) is 4. The number of hydrogen-bond donors (Lipinski definition) is 0. The highest BCUT2D eigenvalue weighted by molar-refractivity contribution is 7.66. The summed E-state index contributed by atoms with van der Waals surface area (Å²) in [5.74, 6) is 2.35. The zero-order valence-corrected chi connectivity index (χ0v) is 11.5. The van der Waals surface area contributed by atoms with Crippen LogP contribution in [0.15, 0.2) is 30.3 Å². The molecule has 1 aromatic carbocycles. The van der Waals surface area contributed by atoms with E-state index in [2.05, 4.69) is 0 Å². The minimum absolute atomic E-state index is 0.398. The van der Waals surface area contributed by atoms with Crippen molar-refractivity contribution in [3.8, 4) is 5.75 Å². The molecular formula is C13H17O4P. The highest BCUT2D eigenvalue weighted by atomic mass is 31.2. The van der Waals surface area contributed by atoms with E-state index in [0.29, 0.717) is 30.1 Å². The van der Waals surface area contributed by atoms with Crippen molar-refractivity contribution >= 4 is 18.6 Å². The molecule has 4 nitrogen and oxygen atoms in total. The molecule has 0 aliphatic rings. The van der Waals surface area contributed by atoms with Crippen LogP contribution in [0.1, 0.15) is 12.8 Å². The van der Waals surface area contributed by atoms with Gasteiger partial charge in [-0.3, -0.25) is 4.57 Å². The first-order valence-corrected chi connectivity index (χ1v) is 7.46. The number of benzene rings is 1. The Kier molecular flexibility index (Phi) is 5.87. The van der Waals surface area contributed by atoms with Crippen LogP contribution < -0.4 is 10.0 Å². The lowest BCUT2D eigenvalue weighted by Gasteiger charge is -2.16. The predicted octanol–water partition coefficient (Wildman–Crippen LogP) is 2.41. The third-order valence-electron chi connectivity index (χ3n) is 2.63. The molecule has 1 unspecified atom stereocenters. The Morgan fingerprint density at radius 3 is 2.78 bits per heavy atom. The Hall–Kier alpha value is -1.34. The highest BCUT2D eigenvalue weighted by Crippen LogP contribution is 2.46. The van der Waals surface area contributed by atoms with Crippen molar-refractivity contribution in [1.29, 1.82) is 0 Å². The van der Waals surface area contributed by atoms with Crippen molar-refractivity contribution in [3.05, 3.63) is 30.3 Å². The Balaban J connectivity index is 2.85. The van der Waals surface area contributed by atoms with Crippen molar-refractivity contribution in [1.82, 2.24) is 0 Å². The number of carbonyl (C=O) groups excluding carboxylic acids is 1. The molecule has 0 aromatic heterocycles. The lowest BCUT2D eigenvalue weighted by Crippen LogP contribution is -2.09. The summed E-state index contributed by atoms with van der Waals surface area (Å²) in [6, 6.07) is 7.06. The molecule has 0 heterocycles. The Morgan fingerprint density at radius 1 is 1.39 bits per heavy atom. The normalized spacial score (nSPS) is 13.4. The summed E-state index contributed by atoms with van der Waals surface area (Å²) >= 11 is 0. The van der Waals surface area contributed by atoms with Gasteiger partial charge in [-0.05, 0) is 37.1 Å². The van der Waals surface area contributed by atoms with Crippen LogP contribution in [0.4, 0.5) is 0 Å². The fraction of sp³-hybridized carbons (Fsp3) is 0.385. The minimum atomic E-state index is -2.86. The molecule has 1 aromatic rings. The summed E-state index contributed by atoms with van der Waals surface area (Å²) in [6.45, 7) is 0. The van der Waals surface area contributed by atoms with Crippen LogP contribution in [0, 0.1) is 0 Å². The largest absolute Gasteiger partial charge is 0.497 e. The van der Waals surface area contributed by atoms with Gasteiger partial charge >= 0.3 is 0 Å². The zero-order valence-electron chi connectivity index (χ0n) is 10.6. The first kappa shape index (κ1) is 14.7. The summed E-state index contributed by atoms with van der Waals surface area (Å²) in [7, 11) is 0.139. The topological polar surface area (TPSA) is 52.6 Å². The van der Waals surface area contributed by atoms with E-state index in [1.54, 1.807) is 37.3 Å². The van der Waals surface area contributed by atoms with Gasteiger partial charge < -0.3 is 9.26 Å². The Morgan fingerprint density at radius 2 is 2.17 bits per heavy atom. The third kappa shape index (κ3) is 3.85. The first-order chi connectivity index (χ1) is 8.66. The van der Waals surface area contributed by atoms with Crippen LogP contribution in [0.2, 0.25) is 0 Å². The van der Waals surface area contributed by atoms with Crippen molar-refractivity contribution in [3.63, 3.8) is 0 Å². The molecule has 0 aliphatic heterocycles. The van der Waals surface area contributed by atoms with Gasteiger partial charge in [-0.25, -0.2) is 4.79 Å². The van der Waals surface area contributed by atoms with E-state index < -0.39 is 7.37 Å². The van der Waals surface area contributed by atoms with E-state index in [0.717, 1.165) is 0 Å². The van der Waals surface area contributed by atoms with Crippen LogP contribution in [0.3, 0.4) is 0 Å². The van der Waals surface area contributed by atoms with Crippen molar-refractivity contribution < 1.29 is 18.6 Å². The monoisotopic (exact) mass is 268 g/mol. The minimum Gasteiger partial charge on any atom is -0.497 e. The maximum absolute atomic E-state index is 12.6. The van der Waals surface area contributed by atoms with Gasteiger partial charge in [-0.15, -0.1) is 0 Å². The maximum Gasteiger partial charge on any atom is 0.232 e. The maximum atomic E-state index is 12.6. The molecule has 18 heavy (non-hydrogen) atoms. The Labute approximate surface area is 107 Å². The standard InChI is InChI=1S/C13H17O4P/c1-16-12-7-6-8-13(11-12)18(15,17-2)10-5-3-4-9-14/h4,6-8,11H,3,5,10H2,1-2H3. The number of ether oxygens (including phenoxy) is 1. The molecule has 0 N–H and O–H groups in total. The van der Waals surface area contributed by atoms with Gasteiger partial charge in [0.2, 0.25) is 7.37 Å².